The number of nitrogens with zero attached hydrogens (tertiary/aromatic N) is 2. The van der Waals surface area contributed by atoms with Crippen LogP contribution in [0.2, 0.25) is 5.02 Å². The SMILES string of the molecule is Cc1c(Cl)cccc1N=C1NC(=O)/C(=C/c2cc(C)n(-c3sc4c(c3C(=O)O)CCCC4)c2C)S1. The molecule has 3 heterocycles. The van der Waals surface area contributed by atoms with Crippen LogP contribution in [0.15, 0.2) is 34.2 Å². The summed E-state index contributed by atoms with van der Waals surface area (Å²) in [4.78, 5) is 31.2. The lowest BCUT2D eigenvalue weighted by molar-refractivity contribution is -0.115. The maximum absolute atomic E-state index is 12.7. The van der Waals surface area contributed by atoms with E-state index in [1.807, 2.05) is 55.7 Å². The monoisotopic (exact) mass is 525 g/mol. The molecule has 1 saturated heterocycles. The van der Waals surface area contributed by atoms with Crippen molar-refractivity contribution in [3.63, 3.8) is 0 Å². The minimum absolute atomic E-state index is 0.212. The number of hydrogen-bond donors (Lipinski definition) is 2. The highest BCUT2D eigenvalue weighted by Gasteiger charge is 2.29. The van der Waals surface area contributed by atoms with Crippen LogP contribution in [0.4, 0.5) is 5.69 Å². The summed E-state index contributed by atoms with van der Waals surface area (Å²) < 4.78 is 2.01. The number of carboxylic acid groups (broad SMARTS) is 1. The van der Waals surface area contributed by atoms with Crippen LogP contribution in [0.5, 0.6) is 0 Å². The average molecular weight is 526 g/mol. The van der Waals surface area contributed by atoms with Gasteiger partial charge in [0, 0.05) is 21.3 Å². The molecule has 9 heteroatoms. The van der Waals surface area contributed by atoms with Crippen molar-refractivity contribution in [3.05, 3.63) is 72.7 Å². The maximum atomic E-state index is 12.7. The molecule has 0 unspecified atom stereocenters. The molecule has 0 spiro atoms. The van der Waals surface area contributed by atoms with Gasteiger partial charge in [0.15, 0.2) is 5.17 Å². The van der Waals surface area contributed by atoms with Gasteiger partial charge in [0.2, 0.25) is 0 Å². The first kappa shape index (κ1) is 23.9. The van der Waals surface area contributed by atoms with Crippen molar-refractivity contribution in [1.82, 2.24) is 9.88 Å². The Labute approximate surface area is 216 Å². The molecule has 0 bridgehead atoms. The van der Waals surface area contributed by atoms with E-state index < -0.39 is 5.97 Å². The lowest BCUT2D eigenvalue weighted by atomic mass is 9.95. The number of aliphatic imine (C=N–C) groups is 1. The molecule has 180 valence electrons. The van der Waals surface area contributed by atoms with Crippen LogP contribution in [-0.2, 0) is 17.6 Å². The van der Waals surface area contributed by atoms with Crippen LogP contribution in [0.25, 0.3) is 11.1 Å². The van der Waals surface area contributed by atoms with Crippen molar-refractivity contribution >= 4 is 63.5 Å². The summed E-state index contributed by atoms with van der Waals surface area (Å²) in [5.74, 6) is -1.09. The Balaban J connectivity index is 1.51. The molecule has 0 radical (unpaired) electrons. The van der Waals surface area contributed by atoms with E-state index in [4.69, 9.17) is 11.6 Å². The third-order valence-corrected chi connectivity index (χ3v) is 9.03. The number of rotatable bonds is 4. The van der Waals surface area contributed by atoms with Gasteiger partial charge in [-0.1, -0.05) is 17.7 Å². The van der Waals surface area contributed by atoms with E-state index in [1.165, 1.54) is 16.6 Å². The number of aryl methyl sites for hydroxylation is 2. The number of nitrogens with one attached hydrogen (secondary N) is 1. The van der Waals surface area contributed by atoms with Gasteiger partial charge in [-0.05, 0) is 99.2 Å². The lowest BCUT2D eigenvalue weighted by Crippen LogP contribution is -2.19. The molecular formula is C26H24ClN3O3S2. The van der Waals surface area contributed by atoms with Crippen LogP contribution in [0.3, 0.4) is 0 Å². The zero-order chi connectivity index (χ0) is 24.9. The third-order valence-electron chi connectivity index (χ3n) is 6.44. The second-order valence-corrected chi connectivity index (χ2v) is 11.2. The maximum Gasteiger partial charge on any atom is 0.339 e. The first-order valence-electron chi connectivity index (χ1n) is 11.4. The normalized spacial score (nSPS) is 17.8. The zero-order valence-electron chi connectivity index (χ0n) is 19.6. The van der Waals surface area contributed by atoms with Crippen molar-refractivity contribution < 1.29 is 14.7 Å². The van der Waals surface area contributed by atoms with Gasteiger partial charge in [-0.15, -0.1) is 11.3 Å². The highest BCUT2D eigenvalue weighted by Crippen LogP contribution is 2.39. The van der Waals surface area contributed by atoms with E-state index in [0.29, 0.717) is 26.3 Å². The average Bonchev–Trinajstić information content (AvgIpc) is 3.44. The zero-order valence-corrected chi connectivity index (χ0v) is 22.0. The second-order valence-electron chi connectivity index (χ2n) is 8.72. The molecule has 2 aromatic heterocycles. The van der Waals surface area contributed by atoms with Gasteiger partial charge in [0.1, 0.15) is 5.00 Å². The molecule has 0 atom stereocenters. The summed E-state index contributed by atoms with van der Waals surface area (Å²) in [5.41, 5.74) is 5.68. The summed E-state index contributed by atoms with van der Waals surface area (Å²) >= 11 is 9.06. The van der Waals surface area contributed by atoms with Gasteiger partial charge >= 0.3 is 5.97 Å². The molecule has 0 saturated carbocycles. The molecule has 1 fully saturated rings. The minimum Gasteiger partial charge on any atom is -0.478 e. The fourth-order valence-corrected chi connectivity index (χ4v) is 7.11. The minimum atomic E-state index is -0.880. The number of aromatic nitrogens is 1. The fourth-order valence-electron chi connectivity index (χ4n) is 4.62. The van der Waals surface area contributed by atoms with Gasteiger partial charge in [0.25, 0.3) is 5.91 Å². The molecule has 6 nitrogen and oxygen atoms in total. The molecule has 35 heavy (non-hydrogen) atoms. The molecule has 1 amide bonds. The predicted molar refractivity (Wildman–Crippen MR) is 144 cm³/mol. The van der Waals surface area contributed by atoms with E-state index in [2.05, 4.69) is 10.3 Å². The number of carbonyl (C=O) groups is 2. The van der Waals surface area contributed by atoms with Crippen LogP contribution >= 0.6 is 34.7 Å². The van der Waals surface area contributed by atoms with E-state index in [0.717, 1.165) is 58.8 Å². The quantitative estimate of drug-likeness (QED) is 0.376. The van der Waals surface area contributed by atoms with E-state index in [9.17, 15) is 14.7 Å². The first-order valence-corrected chi connectivity index (χ1v) is 13.4. The number of fused-ring (bicyclic) bond motifs is 1. The van der Waals surface area contributed by atoms with Crippen molar-refractivity contribution in [3.8, 4) is 5.00 Å². The Kier molecular flexibility index (Phi) is 6.38. The van der Waals surface area contributed by atoms with Gasteiger partial charge < -0.3 is 15.0 Å². The highest BCUT2D eigenvalue weighted by molar-refractivity contribution is 8.18. The van der Waals surface area contributed by atoms with E-state index in [-0.39, 0.29) is 5.91 Å². The topological polar surface area (TPSA) is 83.7 Å². The Morgan fingerprint density at radius 1 is 1.23 bits per heavy atom. The number of carboxylic acids is 1. The van der Waals surface area contributed by atoms with E-state index in [1.54, 1.807) is 11.3 Å². The van der Waals surface area contributed by atoms with Gasteiger partial charge in [-0.25, -0.2) is 9.79 Å². The molecule has 3 aromatic rings. The number of aromatic carboxylic acids is 1. The summed E-state index contributed by atoms with van der Waals surface area (Å²) in [6.07, 6.45) is 5.71. The number of hydrogen-bond acceptors (Lipinski definition) is 5. The number of thiophene rings is 1. The molecule has 2 N–H and O–H groups in total. The number of amidine groups is 1. The second kappa shape index (κ2) is 9.33. The van der Waals surface area contributed by atoms with Gasteiger partial charge in [-0.2, -0.15) is 0 Å². The highest BCUT2D eigenvalue weighted by atomic mass is 35.5. The van der Waals surface area contributed by atoms with Crippen molar-refractivity contribution in [2.24, 2.45) is 4.99 Å². The Bertz CT molecular complexity index is 1450. The lowest BCUT2D eigenvalue weighted by Gasteiger charge is -2.11. The molecule has 1 aliphatic heterocycles. The summed E-state index contributed by atoms with van der Waals surface area (Å²) in [7, 11) is 0. The molecular weight excluding hydrogens is 502 g/mol. The van der Waals surface area contributed by atoms with Crippen molar-refractivity contribution in [2.75, 3.05) is 0 Å². The van der Waals surface area contributed by atoms with Crippen molar-refractivity contribution in [1.29, 1.82) is 0 Å². The number of halogens is 1. The summed E-state index contributed by atoms with van der Waals surface area (Å²) in [5, 5.41) is 14.7. The number of thioether (sulfide) groups is 1. The number of amides is 1. The number of benzene rings is 1. The smallest absolute Gasteiger partial charge is 0.339 e. The van der Waals surface area contributed by atoms with Crippen molar-refractivity contribution in [2.45, 2.75) is 46.5 Å². The van der Waals surface area contributed by atoms with Crippen LogP contribution in [-0.4, -0.2) is 26.7 Å². The standard InChI is InChI=1S/C26H24ClN3O3S2/c1-13-11-16(12-21-23(31)29-26(35-21)28-19-9-6-8-18(27)14(19)2)15(3)30(13)24-22(25(32)33)17-7-4-5-10-20(17)34-24/h6,8-9,11-12H,4-5,7,10H2,1-3H3,(H,32,33)(H,28,29,31)/b21-12-. The largest absolute Gasteiger partial charge is 0.478 e. The summed E-state index contributed by atoms with van der Waals surface area (Å²) in [6, 6.07) is 7.49. The molecule has 5 rings (SSSR count). The van der Waals surface area contributed by atoms with Crippen LogP contribution in [0, 0.1) is 20.8 Å². The molecule has 2 aliphatic rings. The third kappa shape index (κ3) is 4.35. The Hall–Kier alpha value is -2.81. The summed E-state index contributed by atoms with van der Waals surface area (Å²) in [6.45, 7) is 5.82. The van der Waals surface area contributed by atoms with Gasteiger partial charge in [-0.3, -0.25) is 4.79 Å². The molecule has 1 aromatic carbocycles. The molecule has 1 aliphatic carbocycles. The first-order chi connectivity index (χ1) is 16.7. The van der Waals surface area contributed by atoms with E-state index >= 15 is 0 Å². The Morgan fingerprint density at radius 3 is 2.77 bits per heavy atom. The van der Waals surface area contributed by atoms with Crippen LogP contribution < -0.4 is 5.32 Å². The fraction of sp³-hybridized carbons (Fsp3) is 0.269. The van der Waals surface area contributed by atoms with Gasteiger partial charge in [0.05, 0.1) is 16.2 Å². The predicted octanol–water partition coefficient (Wildman–Crippen LogP) is 6.59. The number of carbonyl (C=O) groups excluding carboxylic acids is 1. The van der Waals surface area contributed by atoms with Crippen LogP contribution in [0.1, 0.15) is 56.2 Å². The Morgan fingerprint density at radius 2 is 2.00 bits per heavy atom.